The summed E-state index contributed by atoms with van der Waals surface area (Å²) in [5.74, 6) is 1.49. The van der Waals surface area contributed by atoms with Crippen molar-refractivity contribution in [1.82, 2.24) is 9.97 Å². The van der Waals surface area contributed by atoms with Crippen molar-refractivity contribution in [3.63, 3.8) is 0 Å². The van der Waals surface area contributed by atoms with Gasteiger partial charge in [0.1, 0.15) is 5.82 Å². The van der Waals surface area contributed by atoms with E-state index < -0.39 is 0 Å². The molecule has 0 spiro atoms. The van der Waals surface area contributed by atoms with Gasteiger partial charge in [0.15, 0.2) is 5.16 Å². The summed E-state index contributed by atoms with van der Waals surface area (Å²) in [7, 11) is 0. The molecule has 1 aromatic rings. The van der Waals surface area contributed by atoms with Gasteiger partial charge in [0.05, 0.1) is 12.5 Å². The van der Waals surface area contributed by atoms with Crippen LogP contribution >= 0.6 is 11.8 Å². The largest absolute Gasteiger partial charge is 0.383 e. The number of aromatic amines is 1. The molecule has 0 bridgehead atoms. The first-order valence-corrected chi connectivity index (χ1v) is 5.80. The number of nitrogens with one attached hydrogen (secondary N) is 1. The maximum absolute atomic E-state index is 11.0. The second-order valence-electron chi connectivity index (χ2n) is 3.55. The smallest absolute Gasteiger partial charge is 0.253 e. The molecule has 0 atom stereocenters. The van der Waals surface area contributed by atoms with Crippen LogP contribution in [0.1, 0.15) is 12.8 Å². The molecule has 0 saturated heterocycles. The van der Waals surface area contributed by atoms with Gasteiger partial charge in [-0.25, -0.2) is 4.98 Å². The zero-order valence-corrected chi connectivity index (χ0v) is 9.05. The predicted molar refractivity (Wildman–Crippen MR) is 58.7 cm³/mol. The Bertz CT molecular complexity index is 389. The minimum atomic E-state index is -0.229. The van der Waals surface area contributed by atoms with E-state index in [2.05, 4.69) is 9.97 Å². The Balaban J connectivity index is 1.78. The predicted octanol–water partition coefficient (Wildman–Crippen LogP) is 0.828. The summed E-state index contributed by atoms with van der Waals surface area (Å²) >= 11 is 1.35. The molecule has 0 unspecified atom stereocenters. The number of anilines is 1. The number of hydrogen-bond acceptors (Lipinski definition) is 5. The van der Waals surface area contributed by atoms with E-state index in [0.717, 1.165) is 12.5 Å². The average molecular weight is 227 g/mol. The number of ether oxygens (including phenoxy) is 1. The first-order chi connectivity index (χ1) is 7.24. The highest BCUT2D eigenvalue weighted by molar-refractivity contribution is 7.99. The van der Waals surface area contributed by atoms with E-state index >= 15 is 0 Å². The van der Waals surface area contributed by atoms with Crippen LogP contribution in [-0.2, 0) is 4.74 Å². The van der Waals surface area contributed by atoms with E-state index in [0.29, 0.717) is 11.1 Å². The van der Waals surface area contributed by atoms with E-state index in [4.69, 9.17) is 10.5 Å². The Morgan fingerprint density at radius 3 is 3.13 bits per heavy atom. The van der Waals surface area contributed by atoms with E-state index in [-0.39, 0.29) is 11.4 Å². The highest BCUT2D eigenvalue weighted by Crippen LogP contribution is 2.29. The Morgan fingerprint density at radius 2 is 2.47 bits per heavy atom. The van der Waals surface area contributed by atoms with Gasteiger partial charge in [-0.1, -0.05) is 11.8 Å². The van der Waals surface area contributed by atoms with Crippen LogP contribution < -0.4 is 11.3 Å². The van der Waals surface area contributed by atoms with Gasteiger partial charge >= 0.3 is 0 Å². The number of nitrogens with two attached hydrogens (primary N) is 1. The third-order valence-corrected chi connectivity index (χ3v) is 2.82. The van der Waals surface area contributed by atoms with Crippen LogP contribution in [0.3, 0.4) is 0 Å². The standard InChI is InChI=1S/C9H13N3O2S/c10-7-3-8(13)12-9(11-7)15-5-14-4-6-1-2-6/h3,6H,1-2,4-5H2,(H3,10,11,12,13). The fourth-order valence-corrected chi connectivity index (χ4v) is 1.75. The second-order valence-corrected chi connectivity index (χ2v) is 4.46. The normalized spacial score (nSPS) is 15.5. The number of rotatable bonds is 5. The average Bonchev–Trinajstić information content (AvgIpc) is 2.94. The molecular formula is C9H13N3O2S. The Hall–Kier alpha value is -1.01. The molecule has 0 aliphatic heterocycles. The van der Waals surface area contributed by atoms with Crippen LogP contribution in [0, 0.1) is 5.92 Å². The lowest BCUT2D eigenvalue weighted by Gasteiger charge is -2.02. The molecule has 0 radical (unpaired) electrons. The van der Waals surface area contributed by atoms with Crippen LogP contribution in [0.25, 0.3) is 0 Å². The van der Waals surface area contributed by atoms with E-state index in [1.54, 1.807) is 0 Å². The monoisotopic (exact) mass is 227 g/mol. The minimum Gasteiger partial charge on any atom is -0.383 e. The molecule has 3 N–H and O–H groups in total. The Kier molecular flexibility index (Phi) is 3.27. The summed E-state index contributed by atoms with van der Waals surface area (Å²) < 4.78 is 5.40. The highest BCUT2D eigenvalue weighted by atomic mass is 32.2. The maximum atomic E-state index is 11.0. The van der Waals surface area contributed by atoms with Crippen LogP contribution in [0.5, 0.6) is 0 Å². The number of H-pyrrole nitrogens is 1. The lowest BCUT2D eigenvalue weighted by Crippen LogP contribution is -2.09. The van der Waals surface area contributed by atoms with Crippen LogP contribution in [-0.4, -0.2) is 22.5 Å². The molecule has 82 valence electrons. The molecule has 6 heteroatoms. The summed E-state index contributed by atoms with van der Waals surface area (Å²) in [5.41, 5.74) is 5.21. The zero-order valence-electron chi connectivity index (χ0n) is 8.23. The number of nitrogens with zero attached hydrogens (tertiary/aromatic N) is 1. The molecule has 1 aliphatic carbocycles. The van der Waals surface area contributed by atoms with Crippen molar-refractivity contribution in [2.75, 3.05) is 18.3 Å². The molecule has 0 amide bonds. The van der Waals surface area contributed by atoms with Crippen LogP contribution in [0.2, 0.25) is 0 Å². The summed E-state index contributed by atoms with van der Waals surface area (Å²) in [6.45, 7) is 0.805. The van der Waals surface area contributed by atoms with Crippen LogP contribution in [0.4, 0.5) is 5.82 Å². The molecular weight excluding hydrogens is 214 g/mol. The van der Waals surface area contributed by atoms with Crippen LogP contribution in [0.15, 0.2) is 16.0 Å². The fraction of sp³-hybridized carbons (Fsp3) is 0.556. The molecule has 2 rings (SSSR count). The summed E-state index contributed by atoms with van der Waals surface area (Å²) in [4.78, 5) is 17.6. The SMILES string of the molecule is Nc1cc(=O)[nH]c(SCOCC2CC2)n1. The molecule has 1 saturated carbocycles. The van der Waals surface area contributed by atoms with Crippen molar-refractivity contribution >= 4 is 17.6 Å². The van der Waals surface area contributed by atoms with Gasteiger partial charge in [0.2, 0.25) is 0 Å². The number of nitrogen functional groups attached to an aromatic ring is 1. The molecule has 5 nitrogen and oxygen atoms in total. The summed E-state index contributed by atoms with van der Waals surface area (Å²) in [6.07, 6.45) is 2.55. The lowest BCUT2D eigenvalue weighted by atomic mass is 10.5. The van der Waals surface area contributed by atoms with Crippen molar-refractivity contribution in [1.29, 1.82) is 0 Å². The minimum absolute atomic E-state index is 0.229. The van der Waals surface area contributed by atoms with Gasteiger partial charge < -0.3 is 15.5 Å². The van der Waals surface area contributed by atoms with Gasteiger partial charge in [-0.05, 0) is 18.8 Å². The topological polar surface area (TPSA) is 81.0 Å². The first kappa shape index (κ1) is 10.5. The third-order valence-electron chi connectivity index (χ3n) is 2.07. The van der Waals surface area contributed by atoms with Gasteiger partial charge in [-0.15, -0.1) is 0 Å². The number of thioether (sulfide) groups is 1. The van der Waals surface area contributed by atoms with Crippen molar-refractivity contribution in [2.45, 2.75) is 18.0 Å². The van der Waals surface area contributed by atoms with Gasteiger partial charge in [-0.3, -0.25) is 4.79 Å². The van der Waals surface area contributed by atoms with Crippen molar-refractivity contribution in [2.24, 2.45) is 5.92 Å². The van der Waals surface area contributed by atoms with Gasteiger partial charge in [-0.2, -0.15) is 0 Å². The zero-order chi connectivity index (χ0) is 10.7. The maximum Gasteiger partial charge on any atom is 0.253 e. The van der Waals surface area contributed by atoms with Crippen molar-refractivity contribution in [3.05, 3.63) is 16.4 Å². The molecule has 1 heterocycles. The summed E-state index contributed by atoms with van der Waals surface area (Å²) in [5, 5.41) is 0.510. The van der Waals surface area contributed by atoms with E-state index in [1.807, 2.05) is 0 Å². The van der Waals surface area contributed by atoms with Gasteiger partial charge in [0, 0.05) is 6.07 Å². The van der Waals surface area contributed by atoms with Crippen molar-refractivity contribution in [3.8, 4) is 0 Å². The van der Waals surface area contributed by atoms with Crippen molar-refractivity contribution < 1.29 is 4.74 Å². The molecule has 15 heavy (non-hydrogen) atoms. The fourth-order valence-electron chi connectivity index (χ4n) is 1.12. The molecule has 0 aromatic carbocycles. The van der Waals surface area contributed by atoms with E-state index in [1.165, 1.54) is 30.7 Å². The highest BCUT2D eigenvalue weighted by Gasteiger charge is 2.20. The summed E-state index contributed by atoms with van der Waals surface area (Å²) in [6, 6.07) is 1.26. The molecule has 1 fully saturated rings. The quantitative estimate of drug-likeness (QED) is 0.337. The first-order valence-electron chi connectivity index (χ1n) is 4.81. The number of hydrogen-bond donors (Lipinski definition) is 2. The Labute approximate surface area is 91.4 Å². The lowest BCUT2D eigenvalue weighted by molar-refractivity contribution is 0.171. The third kappa shape index (κ3) is 3.56. The molecule has 1 aromatic heterocycles. The van der Waals surface area contributed by atoms with Gasteiger partial charge in [0.25, 0.3) is 5.56 Å². The Morgan fingerprint density at radius 1 is 1.67 bits per heavy atom. The number of aromatic nitrogens is 2. The molecule has 1 aliphatic rings. The second kappa shape index (κ2) is 4.67. The van der Waals surface area contributed by atoms with E-state index in [9.17, 15) is 4.79 Å².